The van der Waals surface area contributed by atoms with Crippen molar-refractivity contribution < 1.29 is 18.5 Å². The van der Waals surface area contributed by atoms with Crippen molar-refractivity contribution in [3.05, 3.63) is 18.7 Å². The Hall–Kier alpha value is -0.480. The number of aromatic nitrogens is 2. The van der Waals surface area contributed by atoms with Gasteiger partial charge in [-0.25, -0.2) is 9.13 Å². The Morgan fingerprint density at radius 3 is 2.14 bits per heavy atom. The summed E-state index contributed by atoms with van der Waals surface area (Å²) in [5, 5.41) is 0. The molecule has 0 atom stereocenters. The van der Waals surface area contributed by atoms with Gasteiger partial charge in [0, 0.05) is 14.2 Å². The minimum absolute atomic E-state index is 1.06. The molecule has 82 valence electrons. The smallest absolute Gasteiger partial charge is 0.243 e. The molecule has 0 unspecified atom stereocenters. The van der Waals surface area contributed by atoms with Crippen LogP contribution in [0.25, 0.3) is 0 Å². The van der Waals surface area contributed by atoms with Crippen LogP contribution in [0.4, 0.5) is 0 Å². The fourth-order valence-electron chi connectivity index (χ4n) is 0.763. The van der Waals surface area contributed by atoms with E-state index >= 15 is 0 Å². The molecule has 0 aliphatic rings. The highest BCUT2D eigenvalue weighted by Gasteiger charge is 1.92. The minimum Gasteiger partial charge on any atom is -0.786 e. The van der Waals surface area contributed by atoms with E-state index in [2.05, 4.69) is 33.1 Å². The lowest BCUT2D eigenvalue weighted by Crippen LogP contribution is -2.23. The van der Waals surface area contributed by atoms with Crippen LogP contribution < -0.4 is 9.46 Å². The van der Waals surface area contributed by atoms with Gasteiger partial charge in [-0.15, -0.1) is 0 Å². The van der Waals surface area contributed by atoms with E-state index in [-0.39, 0.29) is 0 Å². The van der Waals surface area contributed by atoms with Gasteiger partial charge >= 0.3 is 0 Å². The maximum Gasteiger partial charge on any atom is 0.243 e. The normalized spacial score (nSPS) is 9.86. The second kappa shape index (κ2) is 7.88. The molecule has 0 spiro atoms. The van der Waals surface area contributed by atoms with Crippen LogP contribution in [0, 0.1) is 0 Å². The van der Waals surface area contributed by atoms with Crippen LogP contribution >= 0.6 is 8.60 Å². The van der Waals surface area contributed by atoms with Gasteiger partial charge in [-0.1, -0.05) is 0 Å². The van der Waals surface area contributed by atoms with Crippen LogP contribution in [0.3, 0.4) is 0 Å². The van der Waals surface area contributed by atoms with Crippen LogP contribution in [0.15, 0.2) is 18.7 Å². The van der Waals surface area contributed by atoms with E-state index in [1.54, 1.807) is 0 Å². The molecule has 0 amide bonds. The molecule has 0 aliphatic carbocycles. The minimum atomic E-state index is -1.83. The van der Waals surface area contributed by atoms with Gasteiger partial charge in [0.25, 0.3) is 0 Å². The molecule has 1 aromatic rings. The van der Waals surface area contributed by atoms with E-state index in [1.165, 1.54) is 14.2 Å². The van der Waals surface area contributed by atoms with E-state index in [0.29, 0.717) is 0 Å². The van der Waals surface area contributed by atoms with Gasteiger partial charge in [0.15, 0.2) is 0 Å². The molecular formula is C8H17N2O3P. The number of rotatable bonds is 3. The van der Waals surface area contributed by atoms with Crippen molar-refractivity contribution in [3.63, 3.8) is 0 Å². The third-order valence-corrected chi connectivity index (χ3v) is 2.08. The first-order valence-electron chi connectivity index (χ1n) is 4.20. The first kappa shape index (κ1) is 13.5. The van der Waals surface area contributed by atoms with Crippen molar-refractivity contribution in [2.24, 2.45) is 7.05 Å². The molecule has 0 bridgehead atoms. The van der Waals surface area contributed by atoms with E-state index in [0.717, 1.165) is 6.54 Å². The topological polar surface area (TPSA) is 50.3 Å². The predicted molar refractivity (Wildman–Crippen MR) is 52.2 cm³/mol. The molecule has 1 rings (SSSR count). The first-order valence-corrected chi connectivity index (χ1v) is 5.30. The average Bonchev–Trinajstić information content (AvgIpc) is 2.64. The van der Waals surface area contributed by atoms with Crippen molar-refractivity contribution in [1.82, 2.24) is 4.57 Å². The van der Waals surface area contributed by atoms with Crippen molar-refractivity contribution in [1.29, 1.82) is 0 Å². The first-order chi connectivity index (χ1) is 6.63. The highest BCUT2D eigenvalue weighted by molar-refractivity contribution is 7.38. The zero-order chi connectivity index (χ0) is 11.0. The summed E-state index contributed by atoms with van der Waals surface area (Å²) in [6.45, 7) is 3.18. The Labute approximate surface area is 85.9 Å². The molecule has 14 heavy (non-hydrogen) atoms. The maximum absolute atomic E-state index is 9.88. The zero-order valence-corrected chi connectivity index (χ0v) is 9.90. The summed E-state index contributed by atoms with van der Waals surface area (Å²) in [4.78, 5) is 9.88. The molecule has 0 aromatic carbocycles. The third-order valence-electron chi connectivity index (χ3n) is 1.49. The summed E-state index contributed by atoms with van der Waals surface area (Å²) in [7, 11) is 2.84. The van der Waals surface area contributed by atoms with Crippen LogP contribution in [0.1, 0.15) is 6.92 Å². The molecule has 0 saturated carbocycles. The van der Waals surface area contributed by atoms with E-state index in [1.807, 2.05) is 17.8 Å². The molecule has 5 nitrogen and oxygen atoms in total. The third kappa shape index (κ3) is 6.05. The largest absolute Gasteiger partial charge is 0.786 e. The van der Waals surface area contributed by atoms with Gasteiger partial charge in [0.1, 0.15) is 12.4 Å². The molecule has 6 heteroatoms. The van der Waals surface area contributed by atoms with Crippen LogP contribution in [-0.2, 0) is 22.6 Å². The van der Waals surface area contributed by atoms with Gasteiger partial charge in [0.05, 0.1) is 22.2 Å². The summed E-state index contributed by atoms with van der Waals surface area (Å²) >= 11 is 0. The number of hydrogen-bond donors (Lipinski definition) is 0. The Morgan fingerprint density at radius 2 is 2.00 bits per heavy atom. The second-order valence-corrected chi connectivity index (χ2v) is 3.68. The highest BCUT2D eigenvalue weighted by atomic mass is 31.2. The van der Waals surface area contributed by atoms with Gasteiger partial charge in [-0.3, -0.25) is 0 Å². The van der Waals surface area contributed by atoms with Crippen LogP contribution in [0.2, 0.25) is 0 Å². The SMILES string of the molecule is CCn1cc[n+](C)c1.COP([O-])OC. The van der Waals surface area contributed by atoms with Gasteiger partial charge in [-0.2, -0.15) is 0 Å². The lowest BCUT2D eigenvalue weighted by Gasteiger charge is -2.15. The molecule has 0 radical (unpaired) electrons. The molecule has 1 heterocycles. The zero-order valence-electron chi connectivity index (χ0n) is 9.01. The molecule has 0 saturated heterocycles. The fourth-order valence-corrected chi connectivity index (χ4v) is 0.912. The maximum atomic E-state index is 9.88. The fraction of sp³-hybridized carbons (Fsp3) is 0.625. The highest BCUT2D eigenvalue weighted by Crippen LogP contribution is 2.22. The summed E-state index contributed by atoms with van der Waals surface area (Å²) in [5.74, 6) is 0. The predicted octanol–water partition coefficient (Wildman–Crippen LogP) is 0.199. The number of imidazole rings is 1. The Bertz CT molecular complexity index is 238. The Balaban J connectivity index is 0.000000255. The lowest BCUT2D eigenvalue weighted by atomic mass is 10.7. The van der Waals surface area contributed by atoms with Gasteiger partial charge in [-0.05, 0) is 6.92 Å². The molecule has 0 aliphatic heterocycles. The van der Waals surface area contributed by atoms with E-state index < -0.39 is 8.60 Å². The van der Waals surface area contributed by atoms with Crippen LogP contribution in [0.5, 0.6) is 0 Å². The molecule has 0 fully saturated rings. The second-order valence-electron chi connectivity index (χ2n) is 2.50. The van der Waals surface area contributed by atoms with E-state index in [9.17, 15) is 4.89 Å². The quantitative estimate of drug-likeness (QED) is 0.540. The number of aryl methyl sites for hydroxylation is 2. The average molecular weight is 220 g/mol. The Morgan fingerprint density at radius 1 is 1.43 bits per heavy atom. The summed E-state index contributed by atoms with van der Waals surface area (Å²) in [5.41, 5.74) is 0. The standard InChI is InChI=1S/C6H11N2.C2H6O3P/c1-3-8-5-4-7(2)6-8;1-4-6(3)5-2/h4-6H,3H2,1-2H3;1-2H3/q+1;-1. The van der Waals surface area contributed by atoms with Gasteiger partial charge < -0.3 is 13.9 Å². The lowest BCUT2D eigenvalue weighted by molar-refractivity contribution is -0.671. The monoisotopic (exact) mass is 220 g/mol. The van der Waals surface area contributed by atoms with E-state index in [4.69, 9.17) is 0 Å². The van der Waals surface area contributed by atoms with Crippen molar-refractivity contribution in [2.75, 3.05) is 14.2 Å². The summed E-state index contributed by atoms with van der Waals surface area (Å²) < 4.78 is 12.5. The summed E-state index contributed by atoms with van der Waals surface area (Å²) in [6.07, 6.45) is 6.14. The molecular weight excluding hydrogens is 203 g/mol. The number of nitrogens with zero attached hydrogens (tertiary/aromatic N) is 2. The van der Waals surface area contributed by atoms with Gasteiger partial charge in [0.2, 0.25) is 6.33 Å². The summed E-state index contributed by atoms with van der Waals surface area (Å²) in [6, 6.07) is 0. The number of hydrogen-bond acceptors (Lipinski definition) is 3. The Kier molecular flexibility index (Phi) is 7.61. The van der Waals surface area contributed by atoms with Crippen molar-refractivity contribution in [2.45, 2.75) is 13.5 Å². The molecule has 0 N–H and O–H groups in total. The van der Waals surface area contributed by atoms with Crippen molar-refractivity contribution >= 4 is 8.60 Å². The van der Waals surface area contributed by atoms with Crippen molar-refractivity contribution in [3.8, 4) is 0 Å². The van der Waals surface area contributed by atoms with Crippen LogP contribution in [-0.4, -0.2) is 18.8 Å². The molecule has 1 aromatic heterocycles.